The largest absolute Gasteiger partial charge is 0.326 e. The number of sulfone groups is 1. The van der Waals surface area contributed by atoms with Gasteiger partial charge in [-0.15, -0.1) is 0 Å². The monoisotopic (exact) mass is 289 g/mol. The molecule has 0 spiro atoms. The van der Waals surface area contributed by atoms with Gasteiger partial charge < -0.3 is 5.73 Å². The Morgan fingerprint density at radius 2 is 1.55 bits per heavy atom. The van der Waals surface area contributed by atoms with Crippen LogP contribution in [-0.2, 0) is 22.1 Å². The Labute approximate surface area is 120 Å². The van der Waals surface area contributed by atoms with Crippen molar-refractivity contribution in [3.05, 3.63) is 64.7 Å². The summed E-state index contributed by atoms with van der Waals surface area (Å²) in [4.78, 5) is 0.417. The highest BCUT2D eigenvalue weighted by atomic mass is 32.2. The second-order valence-electron chi connectivity index (χ2n) is 5.05. The summed E-state index contributed by atoms with van der Waals surface area (Å²) in [5, 5.41) is 0. The Hall–Kier alpha value is -1.65. The molecule has 20 heavy (non-hydrogen) atoms. The molecule has 2 aromatic rings. The smallest absolute Gasteiger partial charge is 0.182 e. The van der Waals surface area contributed by atoms with Crippen LogP contribution in [0.3, 0.4) is 0 Å². The molecule has 0 bridgehead atoms. The molecule has 0 atom stereocenters. The van der Waals surface area contributed by atoms with Gasteiger partial charge in [0.2, 0.25) is 0 Å². The van der Waals surface area contributed by atoms with E-state index in [1.807, 2.05) is 50.2 Å². The van der Waals surface area contributed by atoms with Gasteiger partial charge in [0.25, 0.3) is 0 Å². The Morgan fingerprint density at radius 1 is 0.950 bits per heavy atom. The lowest BCUT2D eigenvalue weighted by Crippen LogP contribution is -2.07. The first-order chi connectivity index (χ1) is 9.42. The minimum atomic E-state index is -3.32. The Kier molecular flexibility index (Phi) is 4.26. The third-order valence-electron chi connectivity index (χ3n) is 3.29. The summed E-state index contributed by atoms with van der Waals surface area (Å²) >= 11 is 0. The summed E-state index contributed by atoms with van der Waals surface area (Å²) < 4.78 is 25.0. The first-order valence-corrected chi connectivity index (χ1v) is 8.15. The van der Waals surface area contributed by atoms with Crippen LogP contribution in [0.2, 0.25) is 0 Å². The highest BCUT2D eigenvalue weighted by molar-refractivity contribution is 7.90. The van der Waals surface area contributed by atoms with E-state index in [0.29, 0.717) is 11.4 Å². The topological polar surface area (TPSA) is 60.2 Å². The summed E-state index contributed by atoms with van der Waals surface area (Å²) in [6, 6.07) is 12.9. The molecule has 3 nitrogen and oxygen atoms in total. The van der Waals surface area contributed by atoms with Gasteiger partial charge in [-0.3, -0.25) is 0 Å². The van der Waals surface area contributed by atoms with Crippen molar-refractivity contribution in [2.45, 2.75) is 31.0 Å². The van der Waals surface area contributed by atoms with Crippen molar-refractivity contribution < 1.29 is 8.42 Å². The summed E-state index contributed by atoms with van der Waals surface area (Å²) in [5.74, 6) is 0.0160. The SMILES string of the molecule is Cc1ccc(C)c(S(=O)(=O)Cc2ccc(CN)cc2)c1. The molecule has 0 saturated carbocycles. The summed E-state index contributed by atoms with van der Waals surface area (Å²) in [6.45, 7) is 4.18. The molecule has 0 heterocycles. The molecule has 2 aromatic carbocycles. The number of aryl methyl sites for hydroxylation is 2. The number of hydrogen-bond acceptors (Lipinski definition) is 3. The van der Waals surface area contributed by atoms with Crippen molar-refractivity contribution in [1.82, 2.24) is 0 Å². The molecule has 0 saturated heterocycles. The van der Waals surface area contributed by atoms with Gasteiger partial charge in [0.1, 0.15) is 0 Å². The van der Waals surface area contributed by atoms with Gasteiger partial charge in [-0.2, -0.15) is 0 Å². The van der Waals surface area contributed by atoms with Crippen LogP contribution in [0.1, 0.15) is 22.3 Å². The number of rotatable bonds is 4. The third kappa shape index (κ3) is 3.26. The van der Waals surface area contributed by atoms with E-state index in [-0.39, 0.29) is 5.75 Å². The second-order valence-corrected chi connectivity index (χ2v) is 7.01. The van der Waals surface area contributed by atoms with E-state index in [1.54, 1.807) is 6.07 Å². The van der Waals surface area contributed by atoms with Crippen LogP contribution in [0.5, 0.6) is 0 Å². The van der Waals surface area contributed by atoms with Gasteiger partial charge in [0.15, 0.2) is 9.84 Å². The number of hydrogen-bond donors (Lipinski definition) is 1. The molecule has 0 fully saturated rings. The summed E-state index contributed by atoms with van der Waals surface area (Å²) in [7, 11) is -3.32. The van der Waals surface area contributed by atoms with Crippen LogP contribution in [0.15, 0.2) is 47.4 Å². The van der Waals surface area contributed by atoms with Crippen LogP contribution >= 0.6 is 0 Å². The Morgan fingerprint density at radius 3 is 2.15 bits per heavy atom. The molecule has 0 aliphatic carbocycles. The summed E-state index contributed by atoms with van der Waals surface area (Å²) in [6.07, 6.45) is 0. The average molecular weight is 289 g/mol. The summed E-state index contributed by atoms with van der Waals surface area (Å²) in [5.41, 5.74) is 9.05. The molecule has 0 aromatic heterocycles. The fraction of sp³-hybridized carbons (Fsp3) is 0.250. The van der Waals surface area contributed by atoms with Gasteiger partial charge in [-0.05, 0) is 42.2 Å². The lowest BCUT2D eigenvalue weighted by Gasteiger charge is -2.09. The highest BCUT2D eigenvalue weighted by Crippen LogP contribution is 2.21. The van der Waals surface area contributed by atoms with Crippen molar-refractivity contribution in [3.8, 4) is 0 Å². The molecule has 0 aliphatic rings. The molecule has 0 amide bonds. The maximum absolute atomic E-state index is 12.5. The molecule has 2 rings (SSSR count). The molecule has 0 radical (unpaired) electrons. The van der Waals surface area contributed by atoms with Gasteiger partial charge in [-0.1, -0.05) is 36.4 Å². The van der Waals surface area contributed by atoms with E-state index in [0.717, 1.165) is 22.3 Å². The molecule has 2 N–H and O–H groups in total. The fourth-order valence-electron chi connectivity index (χ4n) is 2.11. The first-order valence-electron chi connectivity index (χ1n) is 6.50. The van der Waals surface area contributed by atoms with Gasteiger partial charge in [0, 0.05) is 6.54 Å². The lowest BCUT2D eigenvalue weighted by atomic mass is 10.1. The molecular weight excluding hydrogens is 270 g/mol. The maximum Gasteiger partial charge on any atom is 0.182 e. The van der Waals surface area contributed by atoms with Crippen LogP contribution in [0.4, 0.5) is 0 Å². The minimum Gasteiger partial charge on any atom is -0.326 e. The van der Waals surface area contributed by atoms with Crippen LogP contribution in [0.25, 0.3) is 0 Å². The standard InChI is InChI=1S/C16H19NO2S/c1-12-3-4-13(2)16(9-12)20(18,19)11-15-7-5-14(10-17)6-8-15/h3-9H,10-11,17H2,1-2H3. The normalized spacial score (nSPS) is 11.6. The molecular formula is C16H19NO2S. The van der Waals surface area contributed by atoms with Crippen molar-refractivity contribution in [2.75, 3.05) is 0 Å². The van der Waals surface area contributed by atoms with Crippen molar-refractivity contribution in [3.63, 3.8) is 0 Å². The van der Waals surface area contributed by atoms with Gasteiger partial charge in [0.05, 0.1) is 10.6 Å². The van der Waals surface area contributed by atoms with E-state index >= 15 is 0 Å². The zero-order valence-electron chi connectivity index (χ0n) is 11.8. The van der Waals surface area contributed by atoms with E-state index < -0.39 is 9.84 Å². The van der Waals surface area contributed by atoms with Crippen molar-refractivity contribution in [1.29, 1.82) is 0 Å². The zero-order chi connectivity index (χ0) is 14.8. The first kappa shape index (κ1) is 14.8. The Bertz CT molecular complexity index is 704. The molecule has 0 unspecified atom stereocenters. The van der Waals surface area contributed by atoms with Crippen molar-refractivity contribution in [2.24, 2.45) is 5.73 Å². The van der Waals surface area contributed by atoms with Crippen LogP contribution < -0.4 is 5.73 Å². The predicted octanol–water partition coefficient (Wildman–Crippen LogP) is 2.74. The van der Waals surface area contributed by atoms with E-state index in [1.165, 1.54) is 0 Å². The molecule has 0 aliphatic heterocycles. The predicted molar refractivity (Wildman–Crippen MR) is 81.1 cm³/mol. The highest BCUT2D eigenvalue weighted by Gasteiger charge is 2.17. The van der Waals surface area contributed by atoms with Gasteiger partial charge >= 0.3 is 0 Å². The average Bonchev–Trinajstić information content (AvgIpc) is 2.42. The maximum atomic E-state index is 12.5. The number of benzene rings is 2. The molecule has 106 valence electrons. The number of nitrogens with two attached hydrogens (primary N) is 1. The van der Waals surface area contributed by atoms with E-state index in [9.17, 15) is 8.42 Å². The Balaban J connectivity index is 2.32. The molecule has 4 heteroatoms. The second kappa shape index (κ2) is 5.77. The van der Waals surface area contributed by atoms with E-state index in [2.05, 4.69) is 0 Å². The quantitative estimate of drug-likeness (QED) is 0.941. The zero-order valence-corrected chi connectivity index (χ0v) is 12.6. The minimum absolute atomic E-state index is 0.0160. The van der Waals surface area contributed by atoms with Crippen LogP contribution in [-0.4, -0.2) is 8.42 Å². The van der Waals surface area contributed by atoms with Gasteiger partial charge in [-0.25, -0.2) is 8.42 Å². The fourth-order valence-corrected chi connectivity index (χ4v) is 3.82. The van der Waals surface area contributed by atoms with Crippen molar-refractivity contribution >= 4 is 9.84 Å². The third-order valence-corrected chi connectivity index (χ3v) is 5.12. The van der Waals surface area contributed by atoms with E-state index in [4.69, 9.17) is 5.73 Å². The lowest BCUT2D eigenvalue weighted by molar-refractivity contribution is 0.594. The van der Waals surface area contributed by atoms with Crippen LogP contribution in [0, 0.1) is 13.8 Å².